The largest absolute Gasteiger partial charge is 0.239 e. The van der Waals surface area contributed by atoms with Gasteiger partial charge in [-0.1, -0.05) is 48.5 Å². The summed E-state index contributed by atoms with van der Waals surface area (Å²) in [5.41, 5.74) is 11.0. The van der Waals surface area contributed by atoms with Crippen molar-refractivity contribution in [2.24, 2.45) is 5.11 Å². The Bertz CT molecular complexity index is 703. The van der Waals surface area contributed by atoms with Crippen LogP contribution in [0, 0.1) is 5.53 Å². The number of nitrogens with zero attached hydrogens (tertiary/aromatic N) is 4. The molecule has 1 heterocycles. The van der Waals surface area contributed by atoms with E-state index >= 15 is 0 Å². The fraction of sp³-hybridized carbons (Fsp3) is 0.0714. The molecule has 3 aromatic rings. The topological polar surface area (TPSA) is 90.7 Å². The van der Waals surface area contributed by atoms with Gasteiger partial charge in [-0.15, -0.1) is 5.10 Å². The molecule has 0 radical (unpaired) electrons. The maximum Gasteiger partial charge on any atom is 0.180 e. The molecule has 2 aromatic carbocycles. The first-order valence-corrected chi connectivity index (χ1v) is 6.14. The molecule has 3 rings (SSSR count). The fourth-order valence-electron chi connectivity index (χ4n) is 2.10. The zero-order valence-corrected chi connectivity index (χ0v) is 10.6. The second-order valence-corrected chi connectivity index (χ2v) is 4.31. The molecule has 0 atom stereocenters. The van der Waals surface area contributed by atoms with Crippen LogP contribution in [-0.2, 0) is 6.54 Å². The maximum absolute atomic E-state index is 6.89. The summed E-state index contributed by atoms with van der Waals surface area (Å²) in [6, 6.07) is 15.9. The van der Waals surface area contributed by atoms with Gasteiger partial charge in [-0.2, -0.15) is 5.11 Å². The van der Waals surface area contributed by atoms with Crippen molar-refractivity contribution in [2.45, 2.75) is 6.54 Å². The van der Waals surface area contributed by atoms with Gasteiger partial charge in [-0.05, 0) is 27.1 Å². The van der Waals surface area contributed by atoms with Crippen LogP contribution in [-0.4, -0.2) is 20.6 Å². The number of hydrogen-bond acceptors (Lipinski definition) is 5. The first-order chi connectivity index (χ1) is 9.88. The Labute approximate surface area is 115 Å². The van der Waals surface area contributed by atoms with Crippen molar-refractivity contribution in [3.8, 4) is 22.5 Å². The van der Waals surface area contributed by atoms with Crippen molar-refractivity contribution >= 4 is 0 Å². The van der Waals surface area contributed by atoms with Gasteiger partial charge in [0.1, 0.15) is 0 Å². The van der Waals surface area contributed by atoms with Crippen LogP contribution in [0.4, 0.5) is 0 Å². The number of tetrazole rings is 1. The standard InChI is InChI=1S/C14H12N6/c15-16-9-10-5-7-11(8-6-10)12-3-1-2-4-13(12)14-17-19-20-18-14/h1-8,15H,9H2,(H,17,18,19,20). The van der Waals surface area contributed by atoms with Crippen molar-refractivity contribution in [1.82, 2.24) is 20.6 Å². The number of H-pyrrole nitrogens is 1. The van der Waals surface area contributed by atoms with E-state index in [1.807, 2.05) is 48.5 Å². The molecule has 0 bridgehead atoms. The average Bonchev–Trinajstić information content (AvgIpc) is 3.03. The normalized spacial score (nSPS) is 10.4. The summed E-state index contributed by atoms with van der Waals surface area (Å²) in [5.74, 6) is 0.644. The Hall–Kier alpha value is -2.89. The molecular weight excluding hydrogens is 252 g/mol. The predicted octanol–water partition coefficient (Wildman–Crippen LogP) is 3.06. The van der Waals surface area contributed by atoms with Gasteiger partial charge in [-0.25, -0.2) is 10.6 Å². The van der Waals surface area contributed by atoms with E-state index in [2.05, 4.69) is 25.7 Å². The number of benzene rings is 2. The summed E-state index contributed by atoms with van der Waals surface area (Å²) in [4.78, 5) is 0. The monoisotopic (exact) mass is 264 g/mol. The van der Waals surface area contributed by atoms with Crippen molar-refractivity contribution in [3.63, 3.8) is 0 Å². The lowest BCUT2D eigenvalue weighted by Gasteiger charge is -2.07. The van der Waals surface area contributed by atoms with Crippen LogP contribution >= 0.6 is 0 Å². The van der Waals surface area contributed by atoms with E-state index in [0.29, 0.717) is 12.4 Å². The van der Waals surface area contributed by atoms with Crippen LogP contribution in [0.1, 0.15) is 5.56 Å². The fourth-order valence-corrected chi connectivity index (χ4v) is 2.10. The quantitative estimate of drug-likeness (QED) is 0.709. The average molecular weight is 264 g/mol. The lowest BCUT2D eigenvalue weighted by molar-refractivity contribution is 0.881. The lowest BCUT2D eigenvalue weighted by atomic mass is 9.98. The van der Waals surface area contributed by atoms with Gasteiger partial charge in [0.25, 0.3) is 0 Å². The summed E-state index contributed by atoms with van der Waals surface area (Å²) in [7, 11) is 0. The van der Waals surface area contributed by atoms with Gasteiger partial charge in [0, 0.05) is 5.56 Å². The molecule has 0 amide bonds. The molecule has 20 heavy (non-hydrogen) atoms. The second-order valence-electron chi connectivity index (χ2n) is 4.31. The van der Waals surface area contributed by atoms with E-state index in [4.69, 9.17) is 5.53 Å². The highest BCUT2D eigenvalue weighted by atomic mass is 15.5. The van der Waals surface area contributed by atoms with Crippen molar-refractivity contribution in [1.29, 1.82) is 5.53 Å². The third-order valence-electron chi connectivity index (χ3n) is 3.05. The highest BCUT2D eigenvalue weighted by molar-refractivity contribution is 5.80. The lowest BCUT2D eigenvalue weighted by Crippen LogP contribution is -1.88. The van der Waals surface area contributed by atoms with Gasteiger partial charge in [0.2, 0.25) is 0 Å². The minimum absolute atomic E-state index is 0.411. The van der Waals surface area contributed by atoms with Gasteiger partial charge in [-0.3, -0.25) is 0 Å². The van der Waals surface area contributed by atoms with Gasteiger partial charge < -0.3 is 0 Å². The Balaban J connectivity index is 2.04. The van der Waals surface area contributed by atoms with Gasteiger partial charge >= 0.3 is 0 Å². The predicted molar refractivity (Wildman–Crippen MR) is 73.9 cm³/mol. The summed E-state index contributed by atoms with van der Waals surface area (Å²) >= 11 is 0. The first-order valence-electron chi connectivity index (χ1n) is 6.14. The molecule has 0 fully saturated rings. The van der Waals surface area contributed by atoms with Crippen molar-refractivity contribution in [3.05, 3.63) is 54.1 Å². The SMILES string of the molecule is N=NCc1ccc(-c2ccccc2-c2nnn[nH]2)cc1. The molecule has 0 aliphatic rings. The zero-order valence-electron chi connectivity index (χ0n) is 10.6. The van der Waals surface area contributed by atoms with Crippen molar-refractivity contribution < 1.29 is 0 Å². The first kappa shape index (κ1) is 12.2. The van der Waals surface area contributed by atoms with Crippen LogP contribution in [0.5, 0.6) is 0 Å². The van der Waals surface area contributed by atoms with Gasteiger partial charge in [0.05, 0.1) is 6.54 Å². The molecule has 0 spiro atoms. The van der Waals surface area contributed by atoms with E-state index in [0.717, 1.165) is 22.3 Å². The van der Waals surface area contributed by atoms with Crippen molar-refractivity contribution in [2.75, 3.05) is 0 Å². The zero-order chi connectivity index (χ0) is 13.8. The minimum atomic E-state index is 0.411. The molecule has 6 nitrogen and oxygen atoms in total. The number of rotatable bonds is 4. The molecular formula is C14H12N6. The maximum atomic E-state index is 6.89. The van der Waals surface area contributed by atoms with E-state index < -0.39 is 0 Å². The molecule has 0 saturated heterocycles. The van der Waals surface area contributed by atoms with Crippen LogP contribution < -0.4 is 0 Å². The number of aromatic nitrogens is 4. The third-order valence-corrected chi connectivity index (χ3v) is 3.05. The molecule has 0 aliphatic carbocycles. The highest BCUT2D eigenvalue weighted by Crippen LogP contribution is 2.29. The molecule has 0 saturated carbocycles. The number of nitrogens with one attached hydrogen (secondary N) is 2. The molecule has 0 aliphatic heterocycles. The number of hydrogen-bond donors (Lipinski definition) is 2. The smallest absolute Gasteiger partial charge is 0.180 e. The van der Waals surface area contributed by atoms with Crippen LogP contribution in [0.25, 0.3) is 22.5 Å². The number of aromatic amines is 1. The molecule has 2 N–H and O–H groups in total. The van der Waals surface area contributed by atoms with E-state index in [1.54, 1.807) is 0 Å². The Morgan fingerprint density at radius 2 is 1.75 bits per heavy atom. The van der Waals surface area contributed by atoms with Crippen LogP contribution in [0.3, 0.4) is 0 Å². The van der Waals surface area contributed by atoms with E-state index in [-0.39, 0.29) is 0 Å². The molecule has 98 valence electrons. The Kier molecular flexibility index (Phi) is 3.28. The summed E-state index contributed by atoms with van der Waals surface area (Å²) in [5, 5.41) is 17.4. The minimum Gasteiger partial charge on any atom is -0.239 e. The second kappa shape index (κ2) is 5.40. The van der Waals surface area contributed by atoms with E-state index in [1.165, 1.54) is 0 Å². The summed E-state index contributed by atoms with van der Waals surface area (Å²) in [6.07, 6.45) is 0. The summed E-state index contributed by atoms with van der Waals surface area (Å²) in [6.45, 7) is 0.411. The Morgan fingerprint density at radius 1 is 1.00 bits per heavy atom. The third kappa shape index (κ3) is 2.31. The Morgan fingerprint density at radius 3 is 2.40 bits per heavy atom. The van der Waals surface area contributed by atoms with Crippen LogP contribution in [0.15, 0.2) is 53.6 Å². The summed E-state index contributed by atoms with van der Waals surface area (Å²) < 4.78 is 0. The molecule has 6 heteroatoms. The van der Waals surface area contributed by atoms with E-state index in [9.17, 15) is 0 Å². The van der Waals surface area contributed by atoms with Gasteiger partial charge in [0.15, 0.2) is 5.82 Å². The van der Waals surface area contributed by atoms with Crippen LogP contribution in [0.2, 0.25) is 0 Å². The molecule has 0 unspecified atom stereocenters. The highest BCUT2D eigenvalue weighted by Gasteiger charge is 2.09. The molecule has 1 aromatic heterocycles.